The molecule has 0 bridgehead atoms. The normalized spacial score (nSPS) is 25.6. The van der Waals surface area contributed by atoms with Gasteiger partial charge in [0.25, 0.3) is 5.91 Å². The summed E-state index contributed by atoms with van der Waals surface area (Å²) in [6.45, 7) is 3.83. The van der Waals surface area contributed by atoms with Crippen molar-refractivity contribution in [2.75, 3.05) is 32.8 Å². The highest BCUT2D eigenvalue weighted by molar-refractivity contribution is 5.95. The van der Waals surface area contributed by atoms with Gasteiger partial charge in [-0.05, 0) is 29.7 Å². The lowest BCUT2D eigenvalue weighted by molar-refractivity contribution is 0.0713. The predicted octanol–water partition coefficient (Wildman–Crippen LogP) is 2.91. The van der Waals surface area contributed by atoms with E-state index >= 15 is 0 Å². The number of hydrogen-bond donors (Lipinski definition) is 1. The van der Waals surface area contributed by atoms with E-state index < -0.39 is 0 Å². The van der Waals surface area contributed by atoms with Gasteiger partial charge in [-0.2, -0.15) is 0 Å². The summed E-state index contributed by atoms with van der Waals surface area (Å²) >= 11 is 0. The van der Waals surface area contributed by atoms with Crippen LogP contribution < -0.4 is 14.8 Å². The fraction of sp³-hybridized carbons (Fsp3) is 0.381. The Balaban J connectivity index is 0.00000180. The molecule has 1 amide bonds. The van der Waals surface area contributed by atoms with E-state index in [1.807, 2.05) is 24.3 Å². The van der Waals surface area contributed by atoms with E-state index in [0.29, 0.717) is 36.4 Å². The van der Waals surface area contributed by atoms with Crippen LogP contribution in [-0.4, -0.2) is 43.7 Å². The Bertz CT molecular complexity index is 829. The first kappa shape index (κ1) is 18.1. The lowest BCUT2D eigenvalue weighted by Crippen LogP contribution is -2.34. The molecule has 5 rings (SSSR count). The average Bonchev–Trinajstić information content (AvgIpc) is 3.29. The first-order chi connectivity index (χ1) is 12.8. The quantitative estimate of drug-likeness (QED) is 0.862. The fourth-order valence-corrected chi connectivity index (χ4v) is 4.55. The zero-order valence-electron chi connectivity index (χ0n) is 15.0. The largest absolute Gasteiger partial charge is 0.486 e. The molecular formula is C21H23ClN2O3. The number of fused-ring (bicyclic) bond motifs is 2. The molecule has 6 heteroatoms. The third-order valence-corrected chi connectivity index (χ3v) is 5.76. The van der Waals surface area contributed by atoms with E-state index in [2.05, 4.69) is 34.5 Å². The minimum Gasteiger partial charge on any atom is -0.486 e. The van der Waals surface area contributed by atoms with Crippen LogP contribution in [0.5, 0.6) is 11.5 Å². The van der Waals surface area contributed by atoms with Gasteiger partial charge in [0, 0.05) is 31.1 Å². The van der Waals surface area contributed by atoms with Crippen LogP contribution in [0.4, 0.5) is 0 Å². The predicted molar refractivity (Wildman–Crippen MR) is 105 cm³/mol. The van der Waals surface area contributed by atoms with Gasteiger partial charge in [-0.15, -0.1) is 12.4 Å². The van der Waals surface area contributed by atoms with Gasteiger partial charge in [0.2, 0.25) is 0 Å². The summed E-state index contributed by atoms with van der Waals surface area (Å²) in [5, 5.41) is 3.49. The number of carbonyl (C=O) groups excluding carboxylic acids is 1. The number of likely N-dealkylation sites (tertiary alicyclic amines) is 1. The minimum absolute atomic E-state index is 0. The molecule has 0 saturated carbocycles. The Hall–Kier alpha value is -2.24. The van der Waals surface area contributed by atoms with Gasteiger partial charge in [-0.1, -0.05) is 30.3 Å². The van der Waals surface area contributed by atoms with Crippen LogP contribution in [0, 0.1) is 11.8 Å². The molecule has 27 heavy (non-hydrogen) atoms. The molecule has 2 saturated heterocycles. The molecule has 5 nitrogen and oxygen atoms in total. The van der Waals surface area contributed by atoms with Crippen molar-refractivity contribution in [1.29, 1.82) is 0 Å². The Morgan fingerprint density at radius 3 is 2.59 bits per heavy atom. The highest BCUT2D eigenvalue weighted by Gasteiger charge is 2.46. The highest BCUT2D eigenvalue weighted by atomic mass is 35.5. The van der Waals surface area contributed by atoms with Crippen LogP contribution in [0.3, 0.4) is 0 Å². The van der Waals surface area contributed by atoms with Crippen LogP contribution in [0.1, 0.15) is 22.0 Å². The molecular weight excluding hydrogens is 364 g/mol. The van der Waals surface area contributed by atoms with Crippen molar-refractivity contribution in [2.45, 2.75) is 6.04 Å². The number of rotatable bonds is 2. The lowest BCUT2D eigenvalue weighted by Gasteiger charge is -2.29. The van der Waals surface area contributed by atoms with Crippen LogP contribution in [0.25, 0.3) is 0 Å². The second-order valence-electron chi connectivity index (χ2n) is 7.25. The van der Waals surface area contributed by atoms with Gasteiger partial charge in [0.05, 0.1) is 6.04 Å². The van der Waals surface area contributed by atoms with Crippen LogP contribution >= 0.6 is 12.4 Å². The van der Waals surface area contributed by atoms with E-state index in [1.54, 1.807) is 0 Å². The number of amides is 1. The van der Waals surface area contributed by atoms with Crippen molar-refractivity contribution < 1.29 is 14.3 Å². The van der Waals surface area contributed by atoms with Gasteiger partial charge >= 0.3 is 0 Å². The molecule has 0 spiro atoms. The zero-order chi connectivity index (χ0) is 17.5. The molecule has 3 aliphatic heterocycles. The third kappa shape index (κ3) is 3.15. The van der Waals surface area contributed by atoms with Crippen LogP contribution in [0.2, 0.25) is 0 Å². The molecule has 3 heterocycles. The summed E-state index contributed by atoms with van der Waals surface area (Å²) < 4.78 is 11.2. The van der Waals surface area contributed by atoms with Crippen molar-refractivity contribution in [3.63, 3.8) is 0 Å². The lowest BCUT2D eigenvalue weighted by atomic mass is 9.89. The molecule has 2 fully saturated rings. The van der Waals surface area contributed by atoms with Crippen LogP contribution in [0.15, 0.2) is 48.5 Å². The summed E-state index contributed by atoms with van der Waals surface area (Å²) in [4.78, 5) is 15.4. The Kier molecular flexibility index (Phi) is 4.98. The summed E-state index contributed by atoms with van der Waals surface area (Å²) in [7, 11) is 0. The second-order valence-corrected chi connectivity index (χ2v) is 7.25. The summed E-state index contributed by atoms with van der Waals surface area (Å²) in [5.41, 5.74) is 1.89. The minimum atomic E-state index is 0. The van der Waals surface area contributed by atoms with Crippen molar-refractivity contribution in [1.82, 2.24) is 10.2 Å². The topological polar surface area (TPSA) is 50.8 Å². The van der Waals surface area contributed by atoms with Gasteiger partial charge in [0.15, 0.2) is 11.5 Å². The first-order valence-electron chi connectivity index (χ1n) is 9.27. The van der Waals surface area contributed by atoms with Crippen molar-refractivity contribution in [3.8, 4) is 11.5 Å². The number of carbonyl (C=O) groups is 1. The Labute approximate surface area is 165 Å². The van der Waals surface area contributed by atoms with Crippen LogP contribution in [-0.2, 0) is 0 Å². The molecule has 142 valence electrons. The van der Waals surface area contributed by atoms with E-state index in [1.165, 1.54) is 5.56 Å². The third-order valence-electron chi connectivity index (χ3n) is 5.76. The van der Waals surface area contributed by atoms with Crippen molar-refractivity contribution in [3.05, 3.63) is 59.7 Å². The molecule has 3 aliphatic rings. The van der Waals surface area contributed by atoms with Gasteiger partial charge < -0.3 is 19.7 Å². The second kappa shape index (κ2) is 7.41. The zero-order valence-corrected chi connectivity index (χ0v) is 15.8. The molecule has 0 radical (unpaired) electrons. The standard InChI is InChI=1S/C21H22N2O3.ClH/c24-21(15-6-7-18-19(10-15)26-9-8-25-18)23-13-16-11-22-12-17(16)20(23)14-4-2-1-3-5-14;/h1-7,10,16-17,20,22H,8-9,11-13H2;1H/t16-,17-,20-;/m0./s1. The number of ether oxygens (including phenoxy) is 2. The maximum Gasteiger partial charge on any atom is 0.254 e. The number of nitrogens with one attached hydrogen (secondary N) is 1. The molecule has 0 aromatic heterocycles. The first-order valence-corrected chi connectivity index (χ1v) is 9.27. The maximum absolute atomic E-state index is 13.4. The monoisotopic (exact) mass is 386 g/mol. The fourth-order valence-electron chi connectivity index (χ4n) is 4.55. The van der Waals surface area contributed by atoms with E-state index in [-0.39, 0.29) is 24.4 Å². The highest BCUT2D eigenvalue weighted by Crippen LogP contribution is 2.43. The number of nitrogens with zero attached hydrogens (tertiary/aromatic N) is 1. The molecule has 1 N–H and O–H groups in total. The Morgan fingerprint density at radius 2 is 1.78 bits per heavy atom. The summed E-state index contributed by atoms with van der Waals surface area (Å²) in [5.74, 6) is 2.44. The van der Waals surface area contributed by atoms with E-state index in [0.717, 1.165) is 25.4 Å². The molecule has 0 aliphatic carbocycles. The van der Waals surface area contributed by atoms with Crippen molar-refractivity contribution in [2.24, 2.45) is 11.8 Å². The number of halogens is 1. The van der Waals surface area contributed by atoms with Crippen molar-refractivity contribution >= 4 is 18.3 Å². The Morgan fingerprint density at radius 1 is 1.00 bits per heavy atom. The number of benzene rings is 2. The average molecular weight is 387 g/mol. The smallest absolute Gasteiger partial charge is 0.254 e. The molecule has 3 atom stereocenters. The summed E-state index contributed by atoms with van der Waals surface area (Å²) in [6, 6.07) is 16.0. The summed E-state index contributed by atoms with van der Waals surface area (Å²) in [6.07, 6.45) is 0. The molecule has 2 aromatic carbocycles. The van der Waals surface area contributed by atoms with E-state index in [9.17, 15) is 4.79 Å². The van der Waals surface area contributed by atoms with Gasteiger partial charge in [-0.25, -0.2) is 0 Å². The van der Waals surface area contributed by atoms with Gasteiger partial charge in [0.1, 0.15) is 13.2 Å². The molecule has 2 aromatic rings. The maximum atomic E-state index is 13.4. The SMILES string of the molecule is Cl.O=C(c1ccc2c(c1)OCCO2)N1C[C@@H]2CNC[C@@H]2[C@@H]1c1ccccc1. The molecule has 0 unspecified atom stereocenters. The van der Waals surface area contributed by atoms with Gasteiger partial charge in [-0.3, -0.25) is 4.79 Å². The number of hydrogen-bond acceptors (Lipinski definition) is 4. The van der Waals surface area contributed by atoms with E-state index in [4.69, 9.17) is 9.47 Å².